The molecule has 0 saturated carbocycles. The van der Waals surface area contributed by atoms with Gasteiger partial charge in [-0.1, -0.05) is 28.2 Å². The summed E-state index contributed by atoms with van der Waals surface area (Å²) < 4.78 is 0. The zero-order valence-corrected chi connectivity index (χ0v) is 7.61. The number of Topliss-reactive ketones (excluding diaryl/α,β-unsaturated/α-hetero) is 1. The molecule has 13 heavy (non-hydrogen) atoms. The lowest BCUT2D eigenvalue weighted by atomic mass is 9.86. The van der Waals surface area contributed by atoms with Gasteiger partial charge in [-0.3, -0.25) is 4.79 Å². The van der Waals surface area contributed by atoms with Gasteiger partial charge in [0.25, 0.3) is 0 Å². The number of carbonyl (C=O) groups excluding carboxylic acids is 1. The minimum absolute atomic E-state index is 0. The molecule has 80 valence electrons. The van der Waals surface area contributed by atoms with Crippen LogP contribution < -0.4 is 0 Å². The highest BCUT2D eigenvalue weighted by Crippen LogP contribution is 2.17. The third kappa shape index (κ3) is 4.36. The van der Waals surface area contributed by atoms with Crippen molar-refractivity contribution in [3.8, 4) is 0 Å². The number of ketones is 1. The maximum atomic E-state index is 11.2. The van der Waals surface area contributed by atoms with Crippen molar-refractivity contribution in [2.75, 3.05) is 6.61 Å². The molecular formula is C9H20O4. The van der Waals surface area contributed by atoms with Crippen molar-refractivity contribution in [2.24, 2.45) is 5.41 Å². The molecular weight excluding hydrogens is 172 g/mol. The van der Waals surface area contributed by atoms with Gasteiger partial charge in [0.05, 0.1) is 6.61 Å². The van der Waals surface area contributed by atoms with Crippen LogP contribution in [-0.4, -0.2) is 39.9 Å². The molecule has 0 rings (SSSR count). The molecule has 0 unspecified atom stereocenters. The number of hydrogen-bond acceptors (Lipinski definition) is 4. The second kappa shape index (κ2) is 5.32. The number of aliphatic hydroxyl groups excluding tert-OH is 3. The highest BCUT2D eigenvalue weighted by molar-refractivity contribution is 5.88. The summed E-state index contributed by atoms with van der Waals surface area (Å²) in [5, 5.41) is 26.6. The van der Waals surface area contributed by atoms with Crippen LogP contribution in [0.25, 0.3) is 0 Å². The molecule has 2 atom stereocenters. The molecule has 0 saturated heterocycles. The Hall–Kier alpha value is -0.450. The monoisotopic (exact) mass is 192 g/mol. The standard InChI is InChI=1S/C8H16O4.CH4/c1-8(2,3)7(12)6(11)5(10)4-9;/h5-6,9-11H,4H2,1-3H3;1H4/t5-,6+;/m0./s1. The van der Waals surface area contributed by atoms with E-state index in [2.05, 4.69) is 0 Å². The molecule has 0 aromatic heterocycles. The molecule has 0 radical (unpaired) electrons. The van der Waals surface area contributed by atoms with E-state index in [0.29, 0.717) is 0 Å². The molecule has 4 heteroatoms. The van der Waals surface area contributed by atoms with E-state index in [-0.39, 0.29) is 7.43 Å². The van der Waals surface area contributed by atoms with E-state index in [9.17, 15) is 4.79 Å². The fraction of sp³-hybridized carbons (Fsp3) is 0.889. The largest absolute Gasteiger partial charge is 0.394 e. The van der Waals surface area contributed by atoms with Crippen LogP contribution >= 0.6 is 0 Å². The quantitative estimate of drug-likeness (QED) is 0.586. The van der Waals surface area contributed by atoms with E-state index in [0.717, 1.165) is 0 Å². The van der Waals surface area contributed by atoms with Gasteiger partial charge in [-0.2, -0.15) is 0 Å². The molecule has 0 bridgehead atoms. The Bertz CT molecular complexity index is 159. The molecule has 0 aromatic carbocycles. The summed E-state index contributed by atoms with van der Waals surface area (Å²) >= 11 is 0. The molecule has 0 aliphatic carbocycles. The van der Waals surface area contributed by atoms with Gasteiger partial charge in [0.15, 0.2) is 5.78 Å². The predicted molar refractivity (Wildman–Crippen MR) is 50.3 cm³/mol. The van der Waals surface area contributed by atoms with Gasteiger partial charge in [0.2, 0.25) is 0 Å². The van der Waals surface area contributed by atoms with Gasteiger partial charge in [0.1, 0.15) is 12.2 Å². The van der Waals surface area contributed by atoms with E-state index < -0.39 is 30.0 Å². The first-order valence-corrected chi connectivity index (χ1v) is 3.82. The van der Waals surface area contributed by atoms with Gasteiger partial charge >= 0.3 is 0 Å². The van der Waals surface area contributed by atoms with Crippen LogP contribution in [0.5, 0.6) is 0 Å². The first-order chi connectivity index (χ1) is 5.30. The minimum atomic E-state index is -1.49. The Labute approximate surface area is 79.2 Å². The average molecular weight is 192 g/mol. The molecule has 0 fully saturated rings. The van der Waals surface area contributed by atoms with Crippen LogP contribution in [0.3, 0.4) is 0 Å². The van der Waals surface area contributed by atoms with E-state index in [1.807, 2.05) is 0 Å². The van der Waals surface area contributed by atoms with Crippen molar-refractivity contribution in [2.45, 2.75) is 40.4 Å². The lowest BCUT2D eigenvalue weighted by Gasteiger charge is -2.23. The highest BCUT2D eigenvalue weighted by atomic mass is 16.4. The number of aliphatic hydroxyl groups is 3. The summed E-state index contributed by atoms with van der Waals surface area (Å²) in [6.45, 7) is 4.32. The van der Waals surface area contributed by atoms with E-state index in [1.54, 1.807) is 20.8 Å². The van der Waals surface area contributed by atoms with Crippen LogP contribution in [0, 0.1) is 5.41 Å². The normalized spacial score (nSPS) is 15.8. The summed E-state index contributed by atoms with van der Waals surface area (Å²) in [7, 11) is 0. The second-order valence-corrected chi connectivity index (χ2v) is 3.81. The maximum absolute atomic E-state index is 11.2. The zero-order chi connectivity index (χ0) is 9.94. The Morgan fingerprint density at radius 2 is 1.69 bits per heavy atom. The first kappa shape index (κ1) is 15.0. The van der Waals surface area contributed by atoms with Crippen LogP contribution in [-0.2, 0) is 4.79 Å². The molecule has 0 aliphatic heterocycles. The SMILES string of the molecule is C.CC(C)(C)C(=O)[C@H](O)[C@@H](O)CO. The third-order valence-corrected chi connectivity index (χ3v) is 1.56. The zero-order valence-electron chi connectivity index (χ0n) is 7.61. The van der Waals surface area contributed by atoms with Crippen molar-refractivity contribution in [3.63, 3.8) is 0 Å². The number of hydrogen-bond donors (Lipinski definition) is 3. The van der Waals surface area contributed by atoms with E-state index >= 15 is 0 Å². The molecule has 4 nitrogen and oxygen atoms in total. The van der Waals surface area contributed by atoms with Crippen molar-refractivity contribution in [3.05, 3.63) is 0 Å². The molecule has 0 aromatic rings. The number of rotatable bonds is 3. The van der Waals surface area contributed by atoms with Crippen molar-refractivity contribution < 1.29 is 20.1 Å². The highest BCUT2D eigenvalue weighted by Gasteiger charge is 2.32. The molecule has 0 aliphatic rings. The lowest BCUT2D eigenvalue weighted by molar-refractivity contribution is -0.142. The molecule has 0 spiro atoms. The van der Waals surface area contributed by atoms with Gasteiger partial charge in [-0.25, -0.2) is 0 Å². The van der Waals surface area contributed by atoms with Gasteiger partial charge in [-0.15, -0.1) is 0 Å². The Morgan fingerprint density at radius 1 is 1.31 bits per heavy atom. The van der Waals surface area contributed by atoms with Crippen LogP contribution in [0.4, 0.5) is 0 Å². The predicted octanol–water partition coefficient (Wildman–Crippen LogP) is -0.0482. The van der Waals surface area contributed by atoms with E-state index in [1.165, 1.54) is 0 Å². The van der Waals surface area contributed by atoms with E-state index in [4.69, 9.17) is 15.3 Å². The first-order valence-electron chi connectivity index (χ1n) is 3.82. The van der Waals surface area contributed by atoms with Crippen LogP contribution in [0.2, 0.25) is 0 Å². The van der Waals surface area contributed by atoms with Gasteiger partial charge < -0.3 is 15.3 Å². The Balaban J connectivity index is 0. The van der Waals surface area contributed by atoms with Crippen molar-refractivity contribution in [1.82, 2.24) is 0 Å². The maximum Gasteiger partial charge on any atom is 0.169 e. The molecule has 0 heterocycles. The fourth-order valence-corrected chi connectivity index (χ4v) is 0.718. The van der Waals surface area contributed by atoms with Crippen molar-refractivity contribution >= 4 is 5.78 Å². The smallest absolute Gasteiger partial charge is 0.169 e. The summed E-state index contributed by atoms with van der Waals surface area (Å²) in [6, 6.07) is 0. The minimum Gasteiger partial charge on any atom is -0.394 e. The number of carbonyl (C=O) groups is 1. The Morgan fingerprint density at radius 3 is 1.92 bits per heavy atom. The average Bonchev–Trinajstić information content (AvgIpc) is 1.98. The molecule has 3 N–H and O–H groups in total. The van der Waals surface area contributed by atoms with Crippen LogP contribution in [0.15, 0.2) is 0 Å². The summed E-state index contributed by atoms with van der Waals surface area (Å²) in [5.41, 5.74) is -0.699. The summed E-state index contributed by atoms with van der Waals surface area (Å²) in [6.07, 6.45) is -2.87. The molecule has 0 amide bonds. The van der Waals surface area contributed by atoms with Crippen molar-refractivity contribution in [1.29, 1.82) is 0 Å². The van der Waals surface area contributed by atoms with Gasteiger partial charge in [-0.05, 0) is 0 Å². The van der Waals surface area contributed by atoms with Crippen LogP contribution in [0.1, 0.15) is 28.2 Å². The fourth-order valence-electron chi connectivity index (χ4n) is 0.718. The lowest BCUT2D eigenvalue weighted by Crippen LogP contribution is -2.42. The summed E-state index contributed by atoms with van der Waals surface area (Å²) in [5.74, 6) is -0.468. The third-order valence-electron chi connectivity index (χ3n) is 1.56. The summed E-state index contributed by atoms with van der Waals surface area (Å²) in [4.78, 5) is 11.2. The second-order valence-electron chi connectivity index (χ2n) is 3.81. The Kier molecular flexibility index (Phi) is 6.15. The van der Waals surface area contributed by atoms with Gasteiger partial charge in [0, 0.05) is 5.41 Å². The topological polar surface area (TPSA) is 77.8 Å².